The minimum Gasteiger partial charge on any atom is -0.343 e. The number of carbonyl (C=O) groups excluding carboxylic acids is 12. The van der Waals surface area contributed by atoms with E-state index in [0.717, 1.165) is 52.5 Å². The van der Waals surface area contributed by atoms with Gasteiger partial charge in [0.05, 0.1) is 36.6 Å². The maximum atomic E-state index is 15.8. The zero-order valence-electron chi connectivity index (χ0n) is 60.6. The molecule has 1 aromatic carbocycles. The van der Waals surface area contributed by atoms with Crippen LogP contribution in [0.2, 0.25) is 5.02 Å². The lowest BCUT2D eigenvalue weighted by atomic mass is 9.81. The summed E-state index contributed by atoms with van der Waals surface area (Å²) in [5.74, 6) is -8.79. The number of carbonyl (C=O) groups is 12. The van der Waals surface area contributed by atoms with Crippen molar-refractivity contribution in [1.82, 2.24) is 60.0 Å². The number of piperidine rings is 1. The molecule has 24 nitrogen and oxygen atoms in total. The molecule has 99 heavy (non-hydrogen) atoms. The van der Waals surface area contributed by atoms with E-state index in [4.69, 9.17) is 11.6 Å². The van der Waals surface area contributed by atoms with E-state index in [0.29, 0.717) is 76.4 Å². The van der Waals surface area contributed by atoms with Crippen LogP contribution >= 0.6 is 11.6 Å². The summed E-state index contributed by atoms with van der Waals surface area (Å²) in [5, 5.41) is 8.14. The van der Waals surface area contributed by atoms with Crippen molar-refractivity contribution in [1.29, 1.82) is 0 Å². The molecule has 5 aliphatic rings. The predicted octanol–water partition coefficient (Wildman–Crippen LogP) is 5.89. The van der Waals surface area contributed by atoms with E-state index in [9.17, 15) is 41.9 Å². The van der Waals surface area contributed by atoms with Crippen LogP contribution in [0.15, 0.2) is 18.2 Å². The van der Waals surface area contributed by atoms with E-state index in [-0.39, 0.29) is 63.3 Å². The summed E-state index contributed by atoms with van der Waals surface area (Å²) in [4.78, 5) is 190. The smallest absolute Gasteiger partial charge is 0.343 e. The first kappa shape index (κ1) is 80.9. The third-order valence-corrected chi connectivity index (χ3v) is 21.4. The normalized spacial score (nSPS) is 26.0. The Balaban J connectivity index is 1.44. The largest absolute Gasteiger partial charge is 0.417 e. The Morgan fingerprint density at radius 3 is 1.82 bits per heavy atom. The molecule has 3 aliphatic heterocycles. The first-order valence-electron chi connectivity index (χ1n) is 35.7. The van der Waals surface area contributed by atoms with Gasteiger partial charge in [-0.25, -0.2) is 0 Å². The van der Waals surface area contributed by atoms with E-state index in [1.165, 1.54) is 79.9 Å². The summed E-state index contributed by atoms with van der Waals surface area (Å²) in [6.07, 6.45) is 3.09. The van der Waals surface area contributed by atoms with E-state index >= 15 is 28.8 Å². The predicted molar refractivity (Wildman–Crippen MR) is 366 cm³/mol. The molecule has 3 N–H and O–H groups in total. The number of alkyl halides is 3. The Morgan fingerprint density at radius 1 is 0.616 bits per heavy atom. The summed E-state index contributed by atoms with van der Waals surface area (Å²) in [7, 11) is 9.91. The molecule has 6 rings (SSSR count). The fourth-order valence-corrected chi connectivity index (χ4v) is 15.0. The fourth-order valence-electron chi connectivity index (χ4n) is 14.7. The van der Waals surface area contributed by atoms with Crippen LogP contribution in [-0.4, -0.2) is 251 Å². The molecule has 1 aromatic rings. The fraction of sp³-hybridized carbons (Fsp3) is 0.746. The maximum absolute atomic E-state index is 15.8. The van der Waals surface area contributed by atoms with Gasteiger partial charge in [0.2, 0.25) is 70.9 Å². The van der Waals surface area contributed by atoms with Crippen LogP contribution in [0.4, 0.5) is 13.2 Å². The van der Waals surface area contributed by atoms with Gasteiger partial charge in [0.25, 0.3) is 0 Å². The molecule has 2 saturated carbocycles. The summed E-state index contributed by atoms with van der Waals surface area (Å²) in [6, 6.07) is -5.59. The molecular formula is C71H110ClF3N12O12. The Kier molecular flexibility index (Phi) is 29.4. The second-order valence-corrected chi connectivity index (χ2v) is 29.8. The maximum Gasteiger partial charge on any atom is 0.417 e. The van der Waals surface area contributed by atoms with Crippen LogP contribution in [-0.2, 0) is 70.1 Å². The molecule has 3 saturated heterocycles. The Hall–Kier alpha value is -7.06. The molecule has 12 amide bonds. The summed E-state index contributed by atoms with van der Waals surface area (Å²) in [5.41, 5.74) is -2.35. The number of nitrogens with zero attached hydrogens (tertiary/aromatic N) is 9. The van der Waals surface area contributed by atoms with Crippen LogP contribution in [0.3, 0.4) is 0 Å². The van der Waals surface area contributed by atoms with E-state index in [2.05, 4.69) is 16.0 Å². The van der Waals surface area contributed by atoms with Gasteiger partial charge in [-0.1, -0.05) is 97.7 Å². The number of hydrogen-bond acceptors (Lipinski definition) is 12. The molecule has 0 aromatic heterocycles. The number of likely N-dealkylation sites (N-methyl/N-ethyl adjacent to an activating group) is 7. The highest BCUT2D eigenvalue weighted by Crippen LogP contribution is 2.38. The van der Waals surface area contributed by atoms with Gasteiger partial charge < -0.3 is 60.0 Å². The van der Waals surface area contributed by atoms with Crippen molar-refractivity contribution >= 4 is 82.5 Å². The summed E-state index contributed by atoms with van der Waals surface area (Å²) in [6.45, 7) is 10.2. The van der Waals surface area contributed by atoms with Crippen molar-refractivity contribution in [2.24, 2.45) is 23.7 Å². The third-order valence-electron chi connectivity index (χ3n) is 21.1. The first-order valence-corrected chi connectivity index (χ1v) is 36.1. The number of amides is 12. The number of aryl methyl sites for hydroxylation is 1. The third kappa shape index (κ3) is 20.8. The molecule has 554 valence electrons. The molecular weight excluding hydrogens is 1310 g/mol. The van der Waals surface area contributed by atoms with Crippen molar-refractivity contribution in [2.75, 3.05) is 88.6 Å². The Labute approximate surface area is 587 Å². The minimum atomic E-state index is -4.76. The van der Waals surface area contributed by atoms with E-state index in [1.54, 1.807) is 11.8 Å². The van der Waals surface area contributed by atoms with Crippen LogP contribution in [0.1, 0.15) is 181 Å². The molecule has 28 heteroatoms. The summed E-state index contributed by atoms with van der Waals surface area (Å²) >= 11 is 6.14. The minimum absolute atomic E-state index is 0.0343. The zero-order valence-corrected chi connectivity index (χ0v) is 61.4. The highest BCUT2D eigenvalue weighted by Gasteiger charge is 2.51. The van der Waals surface area contributed by atoms with Gasteiger partial charge in [0.15, 0.2) is 0 Å². The Morgan fingerprint density at radius 2 is 1.22 bits per heavy atom. The molecule has 1 spiro atoms. The molecule has 8 atom stereocenters. The molecule has 5 fully saturated rings. The number of nitrogens with one attached hydrogen (secondary N) is 3. The first-order chi connectivity index (χ1) is 46.5. The molecule has 0 bridgehead atoms. The lowest BCUT2D eigenvalue weighted by molar-refractivity contribution is -0.157. The lowest BCUT2D eigenvalue weighted by Gasteiger charge is -2.43. The number of benzene rings is 1. The van der Waals surface area contributed by atoms with Gasteiger partial charge >= 0.3 is 6.18 Å². The van der Waals surface area contributed by atoms with Crippen molar-refractivity contribution in [3.05, 3.63) is 34.3 Å². The van der Waals surface area contributed by atoms with Crippen LogP contribution in [0.25, 0.3) is 0 Å². The van der Waals surface area contributed by atoms with Crippen molar-refractivity contribution < 1.29 is 70.7 Å². The van der Waals surface area contributed by atoms with Crippen LogP contribution in [0, 0.1) is 23.7 Å². The van der Waals surface area contributed by atoms with Gasteiger partial charge in [-0.3, -0.25) is 57.5 Å². The van der Waals surface area contributed by atoms with Gasteiger partial charge in [-0.15, -0.1) is 0 Å². The van der Waals surface area contributed by atoms with Crippen LogP contribution < -0.4 is 16.0 Å². The molecule has 0 radical (unpaired) electrons. The topological polar surface area (TPSA) is 270 Å². The van der Waals surface area contributed by atoms with Crippen LogP contribution in [0.5, 0.6) is 0 Å². The van der Waals surface area contributed by atoms with Crippen molar-refractivity contribution in [3.8, 4) is 0 Å². The van der Waals surface area contributed by atoms with Gasteiger partial charge in [0.1, 0.15) is 47.8 Å². The average molecular weight is 1420 g/mol. The number of rotatable bonds is 12. The van der Waals surface area contributed by atoms with Crippen molar-refractivity contribution in [2.45, 2.75) is 230 Å². The van der Waals surface area contributed by atoms with Crippen molar-refractivity contribution in [3.63, 3.8) is 0 Å². The average Bonchev–Trinajstić information content (AvgIpc) is 1.76. The van der Waals surface area contributed by atoms with Gasteiger partial charge in [-0.05, 0) is 131 Å². The summed E-state index contributed by atoms with van der Waals surface area (Å²) < 4.78 is 41.5. The molecule has 1 unspecified atom stereocenters. The van der Waals surface area contributed by atoms with Gasteiger partial charge in [0, 0.05) is 69.0 Å². The number of likely N-dealkylation sites (tertiary alicyclic amines) is 1. The lowest BCUT2D eigenvalue weighted by Crippen LogP contribution is -2.65. The quantitative estimate of drug-likeness (QED) is 0.221. The Bertz CT molecular complexity index is 3060. The number of halogens is 4. The molecule has 2 aliphatic carbocycles. The van der Waals surface area contributed by atoms with Gasteiger partial charge in [-0.2, -0.15) is 13.2 Å². The second kappa shape index (κ2) is 36.0. The zero-order chi connectivity index (χ0) is 73.5. The highest BCUT2D eigenvalue weighted by molar-refractivity contribution is 6.31. The highest BCUT2D eigenvalue weighted by atomic mass is 35.5. The second-order valence-electron chi connectivity index (χ2n) is 29.4. The van der Waals surface area contributed by atoms with E-state index < -0.39 is 173 Å². The monoisotopic (exact) mass is 1410 g/mol. The standard InChI is InChI=1S/C71H110ClF3N12O12/c1-14-46(6)60-67(97)81(9)42-58(90)79(7)43-59(91)82(10)53(32-27-44(2)3)65(95)80(8)41-56(88)76-51(31-29-47-28-30-49(50(72)39-47)71(73,74)75)64(94)87-37-23-26-52(87)63(93)78-70(33-19-20-34-70)69(99)85(13)61(48-24-17-15-18-25-48)68(98)84(12)55(66(96)86-35-21-16-22-36-86)40-57(89)83(11)54(38-45(4)5)62(92)77-60/h28,30,39,44-46,48,51-55,60-61H,14-27,29,31-38,40-43H2,1-13H3,(H,76,88)(H,77,92)(H,78,93)/t46-,51-,52?,53-,54-,55-,60-,61-/m0/s1. The molecule has 3 heterocycles. The van der Waals surface area contributed by atoms with E-state index in [1.807, 2.05) is 34.6 Å². The number of hydrogen-bond donors (Lipinski definition) is 3. The SMILES string of the molecule is CC[C@H](C)[C@@H]1NC(=O)[C@H](CC(C)C)N(C)C(=O)C[C@@H](C(=O)N2CCCCC2)N(C)C(=O)[C@H](C2CCCCC2)N(C)C(=O)C2(CCCC2)NC(=O)C2CCCN2C(=O)[C@H](CCc2ccc(C(F)(F)F)c(Cl)c2)NC(=O)CN(C)C(=O)[C@H](CCC(C)C)N(C)C(=O)CN(C)C(=O)CN(C)C1=O. The number of fused-ring (bicyclic) bond motifs is 1.